The van der Waals surface area contributed by atoms with Gasteiger partial charge < -0.3 is 40.0 Å². The first-order chi connectivity index (χ1) is 27.1. The van der Waals surface area contributed by atoms with Crippen molar-refractivity contribution >= 4 is 35.3 Å². The summed E-state index contributed by atoms with van der Waals surface area (Å²) in [7, 11) is 8.08. The largest absolute Gasteiger partial charge is 0.467 e. The van der Waals surface area contributed by atoms with Gasteiger partial charge in [0.2, 0.25) is 23.6 Å². The van der Waals surface area contributed by atoms with Crippen molar-refractivity contribution in [1.29, 1.82) is 0 Å². The van der Waals surface area contributed by atoms with Crippen LogP contribution in [0, 0.1) is 11.8 Å². The summed E-state index contributed by atoms with van der Waals surface area (Å²) in [4.78, 5) is 74.1. The molecule has 0 aliphatic carbocycles. The van der Waals surface area contributed by atoms with Gasteiger partial charge in [-0.3, -0.25) is 24.1 Å². The predicted octanol–water partition coefficient (Wildman–Crippen LogP) is 3.54. The monoisotopic (exact) mass is 799 g/mol. The number of nitrogens with zero attached hydrogens (tertiary/aromatic N) is 3. The van der Waals surface area contributed by atoms with Crippen LogP contribution in [0.25, 0.3) is 0 Å². The first-order valence-corrected chi connectivity index (χ1v) is 21.0. The number of likely N-dealkylation sites (N-methyl/N-ethyl adjacent to an activating group) is 2. The molecule has 0 saturated carbocycles. The number of fused-ring (bicyclic) bond motifs is 1. The molecule has 2 fully saturated rings. The SMILES string of the molecule is CCC(NC(=O)C1(C)CCCN1C)C(=O)N(C)C(C(C)CC)C(CC(=O)N1CCCC1C(OC)C(C)C(=O)NC(Cc1ccc2c(c1)CCCN2)C(=O)OC)OC. The second-order valence-corrected chi connectivity index (χ2v) is 16.6. The molecule has 9 unspecified atom stereocenters. The van der Waals surface area contributed by atoms with Gasteiger partial charge in [-0.15, -0.1) is 0 Å². The standard InChI is InChI=1S/C43H70N6O8/c1-11-27(3)37(48(7)40(52)31(12-2)46-42(54)43(5)20-15-22-47(43)6)35(55-8)26-36(50)49-23-14-17-34(49)38(56-9)28(4)39(51)45-33(41(53)57-10)25-29-18-19-32-30(24-29)16-13-21-44-32/h18-19,24,27-28,31,33-35,37-38,44H,11-17,20-23,25-26H2,1-10H3,(H,45,51)(H,46,54). The van der Waals surface area contributed by atoms with E-state index >= 15 is 0 Å². The molecule has 0 spiro atoms. The van der Waals surface area contributed by atoms with E-state index in [0.29, 0.717) is 19.4 Å². The van der Waals surface area contributed by atoms with Crippen LogP contribution in [0.2, 0.25) is 0 Å². The third kappa shape index (κ3) is 10.7. The van der Waals surface area contributed by atoms with Crippen LogP contribution in [-0.2, 0) is 51.0 Å². The molecule has 9 atom stereocenters. The Kier molecular flexibility index (Phi) is 16.8. The average molecular weight is 799 g/mol. The normalized spacial score (nSPS) is 23.2. The number of esters is 1. The lowest BCUT2D eigenvalue weighted by molar-refractivity contribution is -0.148. The lowest BCUT2D eigenvalue weighted by Gasteiger charge is -2.40. The number of carbonyl (C=O) groups excluding carboxylic acids is 5. The number of hydrogen-bond donors (Lipinski definition) is 3. The number of hydrogen-bond acceptors (Lipinski definition) is 10. The quantitative estimate of drug-likeness (QED) is 0.177. The van der Waals surface area contributed by atoms with Gasteiger partial charge in [0, 0.05) is 46.5 Å². The van der Waals surface area contributed by atoms with Crippen LogP contribution in [0.3, 0.4) is 0 Å². The van der Waals surface area contributed by atoms with Gasteiger partial charge in [-0.05, 0) is 88.6 Å². The van der Waals surface area contributed by atoms with E-state index < -0.39 is 47.8 Å². The molecule has 4 amide bonds. The Morgan fingerprint density at radius 3 is 2.33 bits per heavy atom. The second kappa shape index (κ2) is 20.8. The van der Waals surface area contributed by atoms with Gasteiger partial charge in [0.25, 0.3) is 0 Å². The molecule has 57 heavy (non-hydrogen) atoms. The van der Waals surface area contributed by atoms with E-state index in [0.717, 1.165) is 62.9 Å². The third-order valence-corrected chi connectivity index (χ3v) is 13.1. The molecule has 4 rings (SSSR count). The van der Waals surface area contributed by atoms with Crippen LogP contribution in [0.15, 0.2) is 18.2 Å². The number of ether oxygens (including phenoxy) is 3. The number of nitrogens with one attached hydrogen (secondary N) is 3. The molecule has 0 bridgehead atoms. The number of amides is 4. The smallest absolute Gasteiger partial charge is 0.328 e. The minimum atomic E-state index is -0.897. The average Bonchev–Trinajstić information content (AvgIpc) is 3.84. The summed E-state index contributed by atoms with van der Waals surface area (Å²) in [5.41, 5.74) is 2.54. The maximum absolute atomic E-state index is 14.3. The number of rotatable bonds is 19. The summed E-state index contributed by atoms with van der Waals surface area (Å²) in [6.07, 6.45) is 5.19. The summed E-state index contributed by atoms with van der Waals surface area (Å²) < 4.78 is 17.1. The van der Waals surface area contributed by atoms with Crippen molar-refractivity contribution in [2.45, 2.75) is 141 Å². The van der Waals surface area contributed by atoms with Gasteiger partial charge in [-0.25, -0.2) is 4.79 Å². The third-order valence-electron chi connectivity index (χ3n) is 13.1. The molecule has 14 nitrogen and oxygen atoms in total. The second-order valence-electron chi connectivity index (χ2n) is 16.6. The highest BCUT2D eigenvalue weighted by molar-refractivity contribution is 5.92. The van der Waals surface area contributed by atoms with E-state index in [1.54, 1.807) is 38.0 Å². The lowest BCUT2D eigenvalue weighted by Crippen LogP contribution is -2.60. The molecule has 3 heterocycles. The molecule has 1 aromatic rings. The molecule has 2 saturated heterocycles. The lowest BCUT2D eigenvalue weighted by atomic mass is 9.89. The van der Waals surface area contributed by atoms with E-state index in [1.165, 1.54) is 12.7 Å². The highest BCUT2D eigenvalue weighted by Crippen LogP contribution is 2.31. The Morgan fingerprint density at radius 2 is 1.72 bits per heavy atom. The number of aryl methyl sites for hydroxylation is 1. The summed E-state index contributed by atoms with van der Waals surface area (Å²) in [6.45, 7) is 11.9. The minimum absolute atomic E-state index is 0.0172. The van der Waals surface area contributed by atoms with Crippen LogP contribution in [0.5, 0.6) is 0 Å². The van der Waals surface area contributed by atoms with Gasteiger partial charge in [-0.2, -0.15) is 0 Å². The van der Waals surface area contributed by atoms with E-state index in [9.17, 15) is 24.0 Å². The van der Waals surface area contributed by atoms with Crippen molar-refractivity contribution in [2.75, 3.05) is 60.4 Å². The van der Waals surface area contributed by atoms with Crippen molar-refractivity contribution in [3.63, 3.8) is 0 Å². The number of carbonyl (C=O) groups is 5. The Bertz CT molecular complexity index is 1560. The Hall–Kier alpha value is -3.75. The molecule has 3 aliphatic rings. The number of anilines is 1. The van der Waals surface area contributed by atoms with Crippen molar-refractivity contribution in [3.05, 3.63) is 29.3 Å². The summed E-state index contributed by atoms with van der Waals surface area (Å²) >= 11 is 0. The van der Waals surface area contributed by atoms with Crippen LogP contribution >= 0.6 is 0 Å². The van der Waals surface area contributed by atoms with Crippen LogP contribution in [-0.4, -0.2) is 141 Å². The fourth-order valence-electron chi connectivity index (χ4n) is 9.12. The Balaban J connectivity index is 1.45. The van der Waals surface area contributed by atoms with Crippen LogP contribution in [0.4, 0.5) is 5.69 Å². The van der Waals surface area contributed by atoms with Gasteiger partial charge in [0.15, 0.2) is 0 Å². The van der Waals surface area contributed by atoms with Crippen molar-refractivity contribution in [2.24, 2.45) is 11.8 Å². The Morgan fingerprint density at radius 1 is 0.982 bits per heavy atom. The fourth-order valence-corrected chi connectivity index (χ4v) is 9.12. The van der Waals surface area contributed by atoms with Crippen molar-refractivity contribution < 1.29 is 38.2 Å². The zero-order valence-electron chi connectivity index (χ0n) is 36.2. The van der Waals surface area contributed by atoms with E-state index in [2.05, 4.69) is 22.0 Å². The first-order valence-electron chi connectivity index (χ1n) is 21.0. The predicted molar refractivity (Wildman–Crippen MR) is 220 cm³/mol. The highest BCUT2D eigenvalue weighted by atomic mass is 16.5. The summed E-state index contributed by atoms with van der Waals surface area (Å²) in [6, 6.07) is 3.61. The van der Waals surface area contributed by atoms with E-state index in [-0.39, 0.29) is 48.4 Å². The molecular weight excluding hydrogens is 729 g/mol. The molecular formula is C43H70N6O8. The highest BCUT2D eigenvalue weighted by Gasteiger charge is 2.45. The zero-order valence-corrected chi connectivity index (χ0v) is 36.2. The van der Waals surface area contributed by atoms with Gasteiger partial charge in [0.1, 0.15) is 12.1 Å². The number of benzene rings is 1. The summed E-state index contributed by atoms with van der Waals surface area (Å²) in [5, 5.41) is 9.36. The number of likely N-dealkylation sites (tertiary alicyclic amines) is 2. The zero-order chi connectivity index (χ0) is 42.0. The topological polar surface area (TPSA) is 159 Å². The molecule has 1 aromatic carbocycles. The van der Waals surface area contributed by atoms with E-state index in [1.807, 2.05) is 51.8 Å². The molecule has 0 radical (unpaired) electrons. The maximum Gasteiger partial charge on any atom is 0.328 e. The van der Waals surface area contributed by atoms with Gasteiger partial charge in [0.05, 0.1) is 49.3 Å². The van der Waals surface area contributed by atoms with Gasteiger partial charge in [-0.1, -0.05) is 46.2 Å². The minimum Gasteiger partial charge on any atom is -0.467 e. The molecule has 3 N–H and O–H groups in total. The molecule has 14 heteroatoms. The maximum atomic E-state index is 14.3. The molecule has 320 valence electrons. The molecule has 3 aliphatic heterocycles. The first kappa shape index (κ1) is 45.9. The number of methoxy groups -OCH3 is 3. The van der Waals surface area contributed by atoms with Crippen molar-refractivity contribution in [3.8, 4) is 0 Å². The van der Waals surface area contributed by atoms with Crippen LogP contribution < -0.4 is 16.0 Å². The Labute approximate surface area is 340 Å². The molecule has 0 aromatic heterocycles. The van der Waals surface area contributed by atoms with Gasteiger partial charge >= 0.3 is 5.97 Å². The summed E-state index contributed by atoms with van der Waals surface area (Å²) in [5.74, 6) is -2.15. The fraction of sp³-hybridized carbons (Fsp3) is 0.744. The van der Waals surface area contributed by atoms with Crippen molar-refractivity contribution in [1.82, 2.24) is 25.3 Å². The van der Waals surface area contributed by atoms with E-state index in [4.69, 9.17) is 14.2 Å². The van der Waals surface area contributed by atoms with Crippen LogP contribution in [0.1, 0.15) is 97.1 Å².